The molecule has 0 bridgehead atoms. The van der Waals surface area contributed by atoms with Gasteiger partial charge in [-0.05, 0) is 49.2 Å². The highest BCUT2D eigenvalue weighted by molar-refractivity contribution is 6.15. The number of nitrogens with zero attached hydrogens (tertiary/aromatic N) is 2. The number of amides is 1. The van der Waals surface area contributed by atoms with Crippen LogP contribution < -0.4 is 0 Å². The van der Waals surface area contributed by atoms with Gasteiger partial charge in [0.25, 0.3) is 0 Å². The molecule has 5 heteroatoms. The molecule has 0 N–H and O–H groups in total. The number of hydrogen-bond acceptors (Lipinski definition) is 3. The van der Waals surface area contributed by atoms with E-state index in [1.54, 1.807) is 0 Å². The highest BCUT2D eigenvalue weighted by atomic mass is 35.5. The van der Waals surface area contributed by atoms with E-state index in [9.17, 15) is 9.59 Å². The summed E-state index contributed by atoms with van der Waals surface area (Å²) in [5.41, 5.74) is 3.30. The van der Waals surface area contributed by atoms with Gasteiger partial charge in [-0.15, -0.1) is 12.4 Å². The van der Waals surface area contributed by atoms with Gasteiger partial charge in [0.2, 0.25) is 5.91 Å². The standard InChI is InChI=1S/C27H30N2O2.ClH/c30-26(14-17-28-15-8-3-9-16-28)29-20-24(18-22-10-4-1-5-11-22)27(31)25(21-29)19-23-12-6-2-7-13-23;/h1-2,4-7,10-13,18-19H,3,8-9,14-17,20-21H2;1H/b24-18-,25-19-;. The molecule has 2 aliphatic heterocycles. The third kappa shape index (κ3) is 6.41. The van der Waals surface area contributed by atoms with Crippen LogP contribution in [0.3, 0.4) is 0 Å². The van der Waals surface area contributed by atoms with Crippen LogP contribution in [0.1, 0.15) is 36.8 Å². The Labute approximate surface area is 197 Å². The fourth-order valence-corrected chi connectivity index (χ4v) is 4.31. The van der Waals surface area contributed by atoms with Crippen LogP contribution in [0.15, 0.2) is 71.8 Å². The first kappa shape index (κ1) is 24.0. The molecule has 32 heavy (non-hydrogen) atoms. The Hall–Kier alpha value is -2.69. The van der Waals surface area contributed by atoms with E-state index in [1.165, 1.54) is 19.3 Å². The van der Waals surface area contributed by atoms with Crippen molar-refractivity contribution in [2.75, 3.05) is 32.7 Å². The first-order valence-corrected chi connectivity index (χ1v) is 11.2. The molecule has 2 heterocycles. The van der Waals surface area contributed by atoms with Gasteiger partial charge in [-0.3, -0.25) is 9.59 Å². The maximum Gasteiger partial charge on any atom is 0.224 e. The fraction of sp³-hybridized carbons (Fsp3) is 0.333. The Morgan fingerprint density at radius 2 is 1.28 bits per heavy atom. The van der Waals surface area contributed by atoms with Gasteiger partial charge in [0.05, 0.1) is 0 Å². The predicted molar refractivity (Wildman–Crippen MR) is 133 cm³/mol. The Morgan fingerprint density at radius 1 is 0.781 bits per heavy atom. The highest BCUT2D eigenvalue weighted by Crippen LogP contribution is 2.23. The minimum atomic E-state index is 0. The number of piperidine rings is 2. The van der Waals surface area contributed by atoms with Crippen molar-refractivity contribution in [3.8, 4) is 0 Å². The number of carbonyl (C=O) groups is 2. The third-order valence-corrected chi connectivity index (χ3v) is 6.03. The largest absolute Gasteiger partial charge is 0.334 e. The number of Topliss-reactive ketones (excluding diaryl/α,β-unsaturated/α-hetero) is 1. The lowest BCUT2D eigenvalue weighted by Crippen LogP contribution is -2.43. The van der Waals surface area contributed by atoms with Gasteiger partial charge >= 0.3 is 0 Å². The smallest absolute Gasteiger partial charge is 0.224 e. The lowest BCUT2D eigenvalue weighted by Gasteiger charge is -2.31. The summed E-state index contributed by atoms with van der Waals surface area (Å²) in [5, 5.41) is 0. The molecule has 0 aliphatic carbocycles. The van der Waals surface area contributed by atoms with E-state index in [0.29, 0.717) is 30.7 Å². The molecular formula is C27H31ClN2O2. The number of likely N-dealkylation sites (tertiary alicyclic amines) is 2. The summed E-state index contributed by atoms with van der Waals surface area (Å²) in [7, 11) is 0. The molecule has 0 radical (unpaired) electrons. The summed E-state index contributed by atoms with van der Waals surface area (Å²) in [5.74, 6) is 0.156. The van der Waals surface area contributed by atoms with E-state index < -0.39 is 0 Å². The van der Waals surface area contributed by atoms with Crippen LogP contribution >= 0.6 is 12.4 Å². The molecule has 1 amide bonds. The topological polar surface area (TPSA) is 40.6 Å². The van der Waals surface area contributed by atoms with Crippen molar-refractivity contribution in [2.24, 2.45) is 0 Å². The van der Waals surface area contributed by atoms with Crippen molar-refractivity contribution in [1.29, 1.82) is 0 Å². The molecule has 0 aromatic heterocycles. The molecule has 0 spiro atoms. The first-order chi connectivity index (χ1) is 15.2. The van der Waals surface area contributed by atoms with Gasteiger partial charge in [0.1, 0.15) is 0 Å². The number of rotatable bonds is 5. The monoisotopic (exact) mass is 450 g/mol. The van der Waals surface area contributed by atoms with Crippen molar-refractivity contribution >= 4 is 36.2 Å². The van der Waals surface area contributed by atoms with Gasteiger partial charge in [-0.2, -0.15) is 0 Å². The van der Waals surface area contributed by atoms with Gasteiger partial charge in [-0.1, -0.05) is 67.1 Å². The summed E-state index contributed by atoms with van der Waals surface area (Å²) >= 11 is 0. The molecule has 2 aromatic rings. The van der Waals surface area contributed by atoms with E-state index in [1.807, 2.05) is 77.7 Å². The molecule has 0 saturated carbocycles. The number of ketones is 1. The number of halogens is 1. The minimum absolute atomic E-state index is 0. The SMILES string of the molecule is Cl.O=C1/C(=C\c2ccccc2)CN(C(=O)CCN2CCCCC2)C/C1=C/c1ccccc1. The predicted octanol–water partition coefficient (Wildman–Crippen LogP) is 4.86. The van der Waals surface area contributed by atoms with Crippen molar-refractivity contribution in [2.45, 2.75) is 25.7 Å². The molecular weight excluding hydrogens is 420 g/mol. The van der Waals surface area contributed by atoms with Gasteiger partial charge in [0, 0.05) is 37.2 Å². The third-order valence-electron chi connectivity index (χ3n) is 6.03. The Balaban J connectivity index is 0.00000289. The quantitative estimate of drug-likeness (QED) is 0.610. The van der Waals surface area contributed by atoms with Crippen molar-refractivity contribution in [1.82, 2.24) is 9.80 Å². The maximum atomic E-state index is 13.2. The van der Waals surface area contributed by atoms with Crippen LogP contribution in [0.5, 0.6) is 0 Å². The van der Waals surface area contributed by atoms with Crippen molar-refractivity contribution in [3.63, 3.8) is 0 Å². The van der Waals surface area contributed by atoms with Crippen molar-refractivity contribution in [3.05, 3.63) is 82.9 Å². The van der Waals surface area contributed by atoms with Crippen LogP contribution in [-0.2, 0) is 9.59 Å². The van der Waals surface area contributed by atoms with Crippen molar-refractivity contribution < 1.29 is 9.59 Å². The van der Waals surface area contributed by atoms with Gasteiger partial charge in [-0.25, -0.2) is 0 Å². The van der Waals surface area contributed by atoms with E-state index in [0.717, 1.165) is 30.8 Å². The molecule has 2 aliphatic rings. The lowest BCUT2D eigenvalue weighted by atomic mass is 9.94. The summed E-state index contributed by atoms with van der Waals surface area (Å²) in [4.78, 5) is 30.5. The second kappa shape index (κ2) is 11.8. The van der Waals surface area contributed by atoms with Gasteiger partial charge < -0.3 is 9.80 Å². The van der Waals surface area contributed by atoms with Crippen LogP contribution in [0.2, 0.25) is 0 Å². The second-order valence-electron chi connectivity index (χ2n) is 8.39. The summed E-state index contributed by atoms with van der Waals surface area (Å²) in [6.45, 7) is 3.73. The second-order valence-corrected chi connectivity index (χ2v) is 8.39. The molecule has 4 rings (SSSR count). The molecule has 0 unspecified atom stereocenters. The zero-order valence-electron chi connectivity index (χ0n) is 18.4. The maximum absolute atomic E-state index is 13.2. The number of hydrogen-bond donors (Lipinski definition) is 0. The van der Waals surface area contributed by atoms with Crippen LogP contribution in [0.4, 0.5) is 0 Å². The summed E-state index contributed by atoms with van der Waals surface area (Å²) in [6, 6.07) is 19.7. The first-order valence-electron chi connectivity index (χ1n) is 11.2. The lowest BCUT2D eigenvalue weighted by molar-refractivity contribution is -0.131. The zero-order chi connectivity index (χ0) is 21.5. The normalized spacial score (nSPS) is 19.8. The summed E-state index contributed by atoms with van der Waals surface area (Å²) < 4.78 is 0. The van der Waals surface area contributed by atoms with E-state index in [-0.39, 0.29) is 24.1 Å². The highest BCUT2D eigenvalue weighted by Gasteiger charge is 2.29. The summed E-state index contributed by atoms with van der Waals surface area (Å²) in [6.07, 6.45) is 8.09. The van der Waals surface area contributed by atoms with Gasteiger partial charge in [0.15, 0.2) is 5.78 Å². The molecule has 168 valence electrons. The number of carbonyl (C=O) groups excluding carboxylic acids is 2. The fourth-order valence-electron chi connectivity index (χ4n) is 4.31. The molecule has 2 aromatic carbocycles. The molecule has 2 fully saturated rings. The van der Waals surface area contributed by atoms with Crippen LogP contribution in [0, 0.1) is 0 Å². The van der Waals surface area contributed by atoms with E-state index in [2.05, 4.69) is 4.90 Å². The minimum Gasteiger partial charge on any atom is -0.334 e. The molecule has 2 saturated heterocycles. The van der Waals surface area contributed by atoms with E-state index in [4.69, 9.17) is 0 Å². The Bertz CT molecular complexity index is 902. The van der Waals surface area contributed by atoms with Crippen LogP contribution in [0.25, 0.3) is 12.2 Å². The molecule has 4 nitrogen and oxygen atoms in total. The Kier molecular flexibility index (Phi) is 8.83. The zero-order valence-corrected chi connectivity index (χ0v) is 19.2. The molecule has 0 atom stereocenters. The average molecular weight is 451 g/mol. The number of benzene rings is 2. The Morgan fingerprint density at radius 3 is 1.78 bits per heavy atom. The average Bonchev–Trinajstić information content (AvgIpc) is 2.82. The van der Waals surface area contributed by atoms with E-state index >= 15 is 0 Å². The van der Waals surface area contributed by atoms with Crippen LogP contribution in [-0.4, -0.2) is 54.2 Å².